The van der Waals surface area contributed by atoms with E-state index in [9.17, 15) is 4.79 Å². The number of rotatable bonds is 2. The van der Waals surface area contributed by atoms with Crippen LogP contribution in [0.3, 0.4) is 0 Å². The van der Waals surface area contributed by atoms with Crippen LogP contribution in [0.1, 0.15) is 9.80 Å². The van der Waals surface area contributed by atoms with Crippen molar-refractivity contribution < 1.29 is 4.79 Å². The van der Waals surface area contributed by atoms with Gasteiger partial charge in [-0.3, -0.25) is 9.78 Å². The molecule has 0 atom stereocenters. The summed E-state index contributed by atoms with van der Waals surface area (Å²) in [6.07, 6.45) is 4.56. The molecule has 1 N–H and O–H groups in total. The van der Waals surface area contributed by atoms with Crippen LogP contribution in [-0.2, 0) is 0 Å². The van der Waals surface area contributed by atoms with E-state index in [0.29, 0.717) is 10.7 Å². The van der Waals surface area contributed by atoms with Crippen molar-refractivity contribution in [3.63, 3.8) is 0 Å². The van der Waals surface area contributed by atoms with Crippen LogP contribution in [0.25, 0.3) is 0 Å². The number of hydrogen-bond acceptors (Lipinski definition) is 5. The number of anilines is 1. The van der Waals surface area contributed by atoms with E-state index >= 15 is 0 Å². The lowest BCUT2D eigenvalue weighted by atomic mass is 10.4. The summed E-state index contributed by atoms with van der Waals surface area (Å²) in [7, 11) is 0. The van der Waals surface area contributed by atoms with Gasteiger partial charge in [-0.05, 0) is 23.7 Å². The van der Waals surface area contributed by atoms with E-state index in [1.54, 1.807) is 24.5 Å². The zero-order chi connectivity index (χ0) is 9.80. The topological polar surface area (TPSA) is 67.8 Å². The molecule has 0 aliphatic carbocycles. The third-order valence-electron chi connectivity index (χ3n) is 1.47. The Morgan fingerprint density at radius 1 is 1.50 bits per heavy atom. The van der Waals surface area contributed by atoms with Gasteiger partial charge in [-0.15, -0.1) is 0 Å². The van der Waals surface area contributed by atoms with E-state index in [0.717, 1.165) is 11.5 Å². The summed E-state index contributed by atoms with van der Waals surface area (Å²) in [5.41, 5.74) is 0.646. The molecule has 0 spiro atoms. The van der Waals surface area contributed by atoms with Crippen LogP contribution in [-0.4, -0.2) is 20.2 Å². The van der Waals surface area contributed by atoms with Gasteiger partial charge < -0.3 is 5.32 Å². The summed E-state index contributed by atoms with van der Waals surface area (Å²) in [5, 5.41) is 2.99. The summed E-state index contributed by atoms with van der Waals surface area (Å²) in [6.45, 7) is 0. The molecule has 6 heteroatoms. The fourth-order valence-corrected chi connectivity index (χ4v) is 1.32. The number of carbonyl (C=O) groups is 1. The lowest BCUT2D eigenvalue weighted by molar-refractivity contribution is 0.102. The molecule has 0 aliphatic rings. The molecular formula is C8H6N4OS. The number of pyridine rings is 1. The molecule has 2 aromatic heterocycles. The van der Waals surface area contributed by atoms with Gasteiger partial charge in [0.1, 0.15) is 6.33 Å². The Kier molecular flexibility index (Phi) is 2.46. The number of amides is 1. The Hall–Kier alpha value is -1.82. The van der Waals surface area contributed by atoms with Crippen LogP contribution < -0.4 is 5.32 Å². The van der Waals surface area contributed by atoms with E-state index in [4.69, 9.17) is 0 Å². The molecule has 70 valence electrons. The highest BCUT2D eigenvalue weighted by molar-refractivity contribution is 7.07. The molecule has 1 amide bonds. The van der Waals surface area contributed by atoms with Gasteiger partial charge in [-0.1, -0.05) is 0 Å². The van der Waals surface area contributed by atoms with Gasteiger partial charge in [0.15, 0.2) is 0 Å². The highest BCUT2D eigenvalue weighted by Gasteiger charge is 2.08. The highest BCUT2D eigenvalue weighted by atomic mass is 32.1. The third-order valence-corrected chi connectivity index (χ3v) is 2.14. The van der Waals surface area contributed by atoms with Crippen molar-refractivity contribution in [2.75, 3.05) is 5.32 Å². The Labute approximate surface area is 84.0 Å². The summed E-state index contributed by atoms with van der Waals surface area (Å²) in [5.74, 6) is -0.263. The third kappa shape index (κ3) is 1.91. The quantitative estimate of drug-likeness (QED) is 0.801. The lowest BCUT2D eigenvalue weighted by Crippen LogP contribution is -2.11. The van der Waals surface area contributed by atoms with Crippen LogP contribution in [0, 0.1) is 0 Å². The summed E-state index contributed by atoms with van der Waals surface area (Å²) < 4.78 is 3.74. The maximum Gasteiger partial charge on any atom is 0.286 e. The Morgan fingerprint density at radius 3 is 3.07 bits per heavy atom. The van der Waals surface area contributed by atoms with Crippen LogP contribution in [0.2, 0.25) is 0 Å². The maximum atomic E-state index is 11.4. The average molecular weight is 206 g/mol. The van der Waals surface area contributed by atoms with E-state index < -0.39 is 0 Å². The summed E-state index contributed by atoms with van der Waals surface area (Å²) in [6, 6.07) is 3.50. The summed E-state index contributed by atoms with van der Waals surface area (Å²) in [4.78, 5) is 19.1. The minimum Gasteiger partial charge on any atom is -0.318 e. The highest BCUT2D eigenvalue weighted by Crippen LogP contribution is 2.07. The molecule has 2 aromatic rings. The number of nitrogens with one attached hydrogen (secondary N) is 1. The van der Waals surface area contributed by atoms with Gasteiger partial charge >= 0.3 is 0 Å². The van der Waals surface area contributed by atoms with E-state index in [1.807, 2.05) is 0 Å². The molecule has 5 nitrogen and oxygen atoms in total. The standard InChI is InChI=1S/C8H6N4OS/c13-7(8-10-5-11-14-8)12-6-2-1-3-9-4-6/h1-5H,(H,12,13). The first-order valence-corrected chi connectivity index (χ1v) is 4.61. The number of hydrogen-bond donors (Lipinski definition) is 1. The van der Waals surface area contributed by atoms with Crippen LogP contribution in [0.4, 0.5) is 5.69 Å². The molecule has 0 aromatic carbocycles. The fraction of sp³-hybridized carbons (Fsp3) is 0. The Balaban J connectivity index is 2.10. The molecule has 2 heterocycles. The first kappa shape index (κ1) is 8.76. The molecule has 2 rings (SSSR count). The molecule has 0 saturated heterocycles. The minimum absolute atomic E-state index is 0.263. The largest absolute Gasteiger partial charge is 0.318 e. The molecule has 14 heavy (non-hydrogen) atoms. The Bertz CT molecular complexity index is 414. The van der Waals surface area contributed by atoms with Gasteiger partial charge in [0.25, 0.3) is 5.91 Å². The van der Waals surface area contributed by atoms with Crippen molar-refractivity contribution in [1.29, 1.82) is 0 Å². The monoisotopic (exact) mass is 206 g/mol. The molecule has 0 bridgehead atoms. The molecular weight excluding hydrogens is 200 g/mol. The van der Waals surface area contributed by atoms with Crippen molar-refractivity contribution in [2.45, 2.75) is 0 Å². The molecule has 0 aliphatic heterocycles. The minimum atomic E-state index is -0.263. The van der Waals surface area contributed by atoms with Gasteiger partial charge in [0, 0.05) is 6.20 Å². The first-order chi connectivity index (χ1) is 6.86. The van der Waals surface area contributed by atoms with Crippen LogP contribution in [0.5, 0.6) is 0 Å². The zero-order valence-electron chi connectivity index (χ0n) is 7.04. The second-order valence-electron chi connectivity index (χ2n) is 2.44. The predicted octanol–water partition coefficient (Wildman–Crippen LogP) is 1.19. The average Bonchev–Trinajstić information content (AvgIpc) is 2.72. The van der Waals surface area contributed by atoms with Crippen molar-refractivity contribution in [1.82, 2.24) is 14.3 Å². The Morgan fingerprint density at radius 2 is 2.43 bits per heavy atom. The number of aromatic nitrogens is 3. The molecule has 0 fully saturated rings. The van der Waals surface area contributed by atoms with Crippen molar-refractivity contribution >= 4 is 23.1 Å². The zero-order valence-corrected chi connectivity index (χ0v) is 7.86. The smallest absolute Gasteiger partial charge is 0.286 e. The fourth-order valence-electron chi connectivity index (χ4n) is 0.894. The maximum absolute atomic E-state index is 11.4. The van der Waals surface area contributed by atoms with Gasteiger partial charge in [-0.25, -0.2) is 4.98 Å². The lowest BCUT2D eigenvalue weighted by Gasteiger charge is -1.99. The van der Waals surface area contributed by atoms with Crippen LogP contribution in [0.15, 0.2) is 30.9 Å². The second-order valence-corrected chi connectivity index (χ2v) is 3.22. The van der Waals surface area contributed by atoms with Gasteiger partial charge in [-0.2, -0.15) is 4.37 Å². The van der Waals surface area contributed by atoms with Gasteiger partial charge in [0.05, 0.1) is 11.9 Å². The SMILES string of the molecule is O=C(Nc1cccnc1)c1ncns1. The van der Waals surface area contributed by atoms with E-state index in [1.165, 1.54) is 6.33 Å². The molecule has 0 radical (unpaired) electrons. The number of nitrogens with zero attached hydrogens (tertiary/aromatic N) is 3. The predicted molar refractivity (Wildman–Crippen MR) is 52.1 cm³/mol. The van der Waals surface area contributed by atoms with E-state index in [-0.39, 0.29) is 5.91 Å². The molecule has 0 saturated carbocycles. The molecule has 0 unspecified atom stereocenters. The van der Waals surface area contributed by atoms with Crippen LogP contribution >= 0.6 is 11.5 Å². The first-order valence-electron chi connectivity index (χ1n) is 3.84. The number of carbonyl (C=O) groups excluding carboxylic acids is 1. The van der Waals surface area contributed by atoms with E-state index in [2.05, 4.69) is 19.7 Å². The van der Waals surface area contributed by atoms with Crippen molar-refractivity contribution in [2.24, 2.45) is 0 Å². The second kappa shape index (κ2) is 3.93. The normalized spacial score (nSPS) is 9.71. The summed E-state index contributed by atoms with van der Waals surface area (Å²) >= 11 is 1.06. The van der Waals surface area contributed by atoms with Crippen molar-refractivity contribution in [3.05, 3.63) is 35.9 Å². The van der Waals surface area contributed by atoms with Gasteiger partial charge in [0.2, 0.25) is 5.01 Å². The van der Waals surface area contributed by atoms with Crippen molar-refractivity contribution in [3.8, 4) is 0 Å².